The third-order valence-electron chi connectivity index (χ3n) is 2.14. The van der Waals surface area contributed by atoms with Crippen LogP contribution in [0.4, 0.5) is 0 Å². The van der Waals surface area contributed by atoms with Crippen molar-refractivity contribution in [2.45, 2.75) is 53.4 Å². The van der Waals surface area contributed by atoms with E-state index in [9.17, 15) is 4.79 Å². The smallest absolute Gasteiger partial charge is 0.140 e. The van der Waals surface area contributed by atoms with Crippen LogP contribution in [0.15, 0.2) is 23.3 Å². The van der Waals surface area contributed by atoms with Crippen molar-refractivity contribution in [3.63, 3.8) is 0 Å². The van der Waals surface area contributed by atoms with E-state index in [1.807, 2.05) is 13.0 Å². The Morgan fingerprint density at radius 1 is 1.13 bits per heavy atom. The minimum atomic E-state index is 0.235. The molecule has 1 heteroatoms. The quantitative estimate of drug-likeness (QED) is 0.570. The SMILES string of the molecule is CCCC(=O)[CH]/C=C(\C)CCC=C(C)C. The van der Waals surface area contributed by atoms with Crippen molar-refractivity contribution >= 4 is 5.78 Å². The highest BCUT2D eigenvalue weighted by molar-refractivity contribution is 5.88. The Labute approximate surface area is 94.3 Å². The third kappa shape index (κ3) is 9.45. The first-order valence-corrected chi connectivity index (χ1v) is 5.73. The lowest BCUT2D eigenvalue weighted by Crippen LogP contribution is -1.95. The molecule has 0 amide bonds. The summed E-state index contributed by atoms with van der Waals surface area (Å²) in [6.07, 6.45) is 9.60. The lowest BCUT2D eigenvalue weighted by molar-refractivity contribution is -0.115. The summed E-state index contributed by atoms with van der Waals surface area (Å²) in [7, 11) is 0. The van der Waals surface area contributed by atoms with Crippen LogP contribution >= 0.6 is 0 Å². The van der Waals surface area contributed by atoms with Gasteiger partial charge < -0.3 is 0 Å². The van der Waals surface area contributed by atoms with Gasteiger partial charge in [-0.1, -0.05) is 30.2 Å². The predicted octanol–water partition coefficient (Wildman–Crippen LogP) is 4.25. The Bertz CT molecular complexity index is 242. The molecule has 0 saturated heterocycles. The Morgan fingerprint density at radius 3 is 2.33 bits per heavy atom. The summed E-state index contributed by atoms with van der Waals surface area (Å²) in [6, 6.07) is 0. The fourth-order valence-electron chi connectivity index (χ4n) is 1.24. The maximum absolute atomic E-state index is 11.2. The van der Waals surface area contributed by atoms with E-state index in [4.69, 9.17) is 0 Å². The Balaban J connectivity index is 3.79. The summed E-state index contributed by atoms with van der Waals surface area (Å²) in [5.74, 6) is 0.235. The van der Waals surface area contributed by atoms with E-state index in [0.717, 1.165) is 19.3 Å². The van der Waals surface area contributed by atoms with Crippen molar-refractivity contribution in [3.8, 4) is 0 Å². The predicted molar refractivity (Wildman–Crippen MR) is 66.6 cm³/mol. The van der Waals surface area contributed by atoms with E-state index in [0.29, 0.717) is 6.42 Å². The molecule has 0 rings (SSSR count). The van der Waals surface area contributed by atoms with Crippen molar-refractivity contribution in [3.05, 3.63) is 29.7 Å². The molecule has 0 aromatic carbocycles. The minimum Gasteiger partial charge on any atom is -0.299 e. The standard InChI is InChI=1S/C14H23O/c1-5-7-14(15)11-10-13(4)9-6-8-12(2)3/h8,10-11H,5-7,9H2,1-4H3/b13-10+. The fourth-order valence-corrected chi connectivity index (χ4v) is 1.24. The molecule has 0 bridgehead atoms. The zero-order valence-electron chi connectivity index (χ0n) is 10.5. The summed E-state index contributed by atoms with van der Waals surface area (Å²) >= 11 is 0. The van der Waals surface area contributed by atoms with Crippen LogP contribution in [0.25, 0.3) is 0 Å². The first kappa shape index (κ1) is 14.2. The number of carbonyl (C=O) groups excluding carboxylic acids is 1. The van der Waals surface area contributed by atoms with Crippen LogP contribution in [0.3, 0.4) is 0 Å². The van der Waals surface area contributed by atoms with E-state index in [1.54, 1.807) is 6.42 Å². The molecule has 1 radical (unpaired) electrons. The highest BCUT2D eigenvalue weighted by Gasteiger charge is 1.97. The zero-order chi connectivity index (χ0) is 11.7. The number of ketones is 1. The van der Waals surface area contributed by atoms with Gasteiger partial charge in [0, 0.05) is 12.8 Å². The molecule has 0 unspecified atom stereocenters. The van der Waals surface area contributed by atoms with Crippen molar-refractivity contribution in [1.82, 2.24) is 0 Å². The minimum absolute atomic E-state index is 0.235. The van der Waals surface area contributed by atoms with Crippen molar-refractivity contribution < 1.29 is 4.79 Å². The molecule has 0 heterocycles. The van der Waals surface area contributed by atoms with Gasteiger partial charge in [0.05, 0.1) is 0 Å². The second-order valence-electron chi connectivity index (χ2n) is 4.22. The molecular weight excluding hydrogens is 184 g/mol. The van der Waals surface area contributed by atoms with Crippen LogP contribution in [-0.2, 0) is 4.79 Å². The summed E-state index contributed by atoms with van der Waals surface area (Å²) in [5, 5.41) is 0. The topological polar surface area (TPSA) is 17.1 Å². The second kappa shape index (κ2) is 8.46. The van der Waals surface area contributed by atoms with Gasteiger partial charge in [0.25, 0.3) is 0 Å². The molecule has 85 valence electrons. The number of hydrogen-bond donors (Lipinski definition) is 0. The van der Waals surface area contributed by atoms with E-state index in [1.165, 1.54) is 11.1 Å². The highest BCUT2D eigenvalue weighted by Crippen LogP contribution is 2.08. The first-order valence-electron chi connectivity index (χ1n) is 5.73. The summed E-state index contributed by atoms with van der Waals surface area (Å²) < 4.78 is 0. The van der Waals surface area contributed by atoms with Crippen LogP contribution in [0.5, 0.6) is 0 Å². The molecule has 0 N–H and O–H groups in total. The molecule has 0 fully saturated rings. The third-order valence-corrected chi connectivity index (χ3v) is 2.14. The lowest BCUT2D eigenvalue weighted by atomic mass is 10.1. The molecule has 0 aromatic rings. The Morgan fingerprint density at radius 2 is 1.80 bits per heavy atom. The van der Waals surface area contributed by atoms with Crippen molar-refractivity contribution in [2.24, 2.45) is 0 Å². The van der Waals surface area contributed by atoms with Gasteiger partial charge in [-0.05, 0) is 40.0 Å². The summed E-state index contributed by atoms with van der Waals surface area (Å²) in [5.41, 5.74) is 2.63. The van der Waals surface area contributed by atoms with Gasteiger partial charge in [-0.3, -0.25) is 4.79 Å². The van der Waals surface area contributed by atoms with E-state index in [-0.39, 0.29) is 5.78 Å². The number of allylic oxidation sites excluding steroid dienone is 4. The monoisotopic (exact) mass is 207 g/mol. The molecule has 0 aliphatic rings. The van der Waals surface area contributed by atoms with Crippen LogP contribution in [0.2, 0.25) is 0 Å². The maximum Gasteiger partial charge on any atom is 0.140 e. The molecule has 0 aromatic heterocycles. The van der Waals surface area contributed by atoms with Gasteiger partial charge in [-0.2, -0.15) is 0 Å². The maximum atomic E-state index is 11.2. The van der Waals surface area contributed by atoms with E-state index < -0.39 is 0 Å². The summed E-state index contributed by atoms with van der Waals surface area (Å²) in [4.78, 5) is 11.2. The highest BCUT2D eigenvalue weighted by atomic mass is 16.1. The first-order chi connectivity index (χ1) is 7.06. The van der Waals surface area contributed by atoms with Gasteiger partial charge in [-0.25, -0.2) is 0 Å². The summed E-state index contributed by atoms with van der Waals surface area (Å²) in [6.45, 7) is 8.32. The number of rotatable bonds is 7. The average Bonchev–Trinajstić information content (AvgIpc) is 2.14. The van der Waals surface area contributed by atoms with Crippen molar-refractivity contribution in [1.29, 1.82) is 0 Å². The van der Waals surface area contributed by atoms with Gasteiger partial charge in [0.2, 0.25) is 0 Å². The number of hydrogen-bond acceptors (Lipinski definition) is 1. The Kier molecular flexibility index (Phi) is 7.98. The number of Topliss-reactive ketones (excluding diaryl/α,β-unsaturated/α-hetero) is 1. The van der Waals surface area contributed by atoms with Gasteiger partial charge in [0.15, 0.2) is 0 Å². The normalized spacial score (nSPS) is 11.3. The molecule has 1 nitrogen and oxygen atoms in total. The van der Waals surface area contributed by atoms with E-state index >= 15 is 0 Å². The van der Waals surface area contributed by atoms with E-state index in [2.05, 4.69) is 26.8 Å². The molecule has 0 aliphatic carbocycles. The van der Waals surface area contributed by atoms with Gasteiger partial charge in [0.1, 0.15) is 5.78 Å². The average molecular weight is 207 g/mol. The lowest BCUT2D eigenvalue weighted by Gasteiger charge is -1.98. The zero-order valence-corrected chi connectivity index (χ0v) is 10.5. The molecule has 0 saturated carbocycles. The largest absolute Gasteiger partial charge is 0.299 e. The second-order valence-corrected chi connectivity index (χ2v) is 4.22. The molecule has 15 heavy (non-hydrogen) atoms. The Hall–Kier alpha value is -0.850. The van der Waals surface area contributed by atoms with Crippen molar-refractivity contribution in [2.75, 3.05) is 0 Å². The van der Waals surface area contributed by atoms with Gasteiger partial charge in [-0.15, -0.1) is 0 Å². The molecular formula is C14H23O. The molecule has 0 spiro atoms. The van der Waals surface area contributed by atoms with Crippen LogP contribution < -0.4 is 0 Å². The number of carbonyl (C=O) groups is 1. The van der Waals surface area contributed by atoms with Crippen LogP contribution in [0.1, 0.15) is 53.4 Å². The van der Waals surface area contributed by atoms with Crippen LogP contribution in [-0.4, -0.2) is 5.78 Å². The molecule has 0 aliphatic heterocycles. The fraction of sp³-hybridized carbons (Fsp3) is 0.571. The molecule has 0 atom stereocenters. The van der Waals surface area contributed by atoms with Gasteiger partial charge >= 0.3 is 0 Å². The van der Waals surface area contributed by atoms with Crippen LogP contribution in [0, 0.1) is 6.42 Å².